The molecular weight excluding hydrogens is 527 g/mol. The normalized spacial score (nSPS) is 16.8. The number of hydrogen-bond acceptors (Lipinski definition) is 7. The molecule has 0 radical (unpaired) electrons. The Morgan fingerprint density at radius 1 is 1.18 bits per heavy atom. The molecule has 3 aromatic rings. The quantitative estimate of drug-likeness (QED) is 0.268. The Hall–Kier alpha value is -3.49. The molecule has 2 atom stereocenters. The summed E-state index contributed by atoms with van der Waals surface area (Å²) in [6.45, 7) is 11.3. The van der Waals surface area contributed by atoms with Crippen LogP contribution in [0.5, 0.6) is 11.5 Å². The number of rotatable bonds is 10. The molecule has 1 amide bonds. The summed E-state index contributed by atoms with van der Waals surface area (Å²) in [4.78, 5) is 23.5. The van der Waals surface area contributed by atoms with Crippen molar-refractivity contribution >= 4 is 40.0 Å². The molecule has 1 aliphatic rings. The van der Waals surface area contributed by atoms with Crippen LogP contribution in [0.3, 0.4) is 0 Å². The van der Waals surface area contributed by atoms with Gasteiger partial charge in [0.15, 0.2) is 5.88 Å². The van der Waals surface area contributed by atoms with E-state index in [0.29, 0.717) is 64.9 Å². The van der Waals surface area contributed by atoms with Gasteiger partial charge in [-0.1, -0.05) is 35.8 Å². The molecule has 2 aromatic carbocycles. The number of carbonyl (C=O) groups is 1. The van der Waals surface area contributed by atoms with Gasteiger partial charge in [-0.05, 0) is 37.3 Å². The van der Waals surface area contributed by atoms with Crippen molar-refractivity contribution < 1.29 is 19.0 Å². The fourth-order valence-corrected chi connectivity index (χ4v) is 5.36. The highest BCUT2D eigenvalue weighted by Crippen LogP contribution is 2.46. The monoisotopic (exact) mass is 556 g/mol. The van der Waals surface area contributed by atoms with E-state index in [1.54, 1.807) is 12.3 Å². The molecule has 10 heteroatoms. The lowest BCUT2D eigenvalue weighted by Gasteiger charge is -2.20. The van der Waals surface area contributed by atoms with Crippen molar-refractivity contribution in [1.29, 1.82) is 0 Å². The van der Waals surface area contributed by atoms with Crippen LogP contribution >= 0.6 is 23.2 Å². The Morgan fingerprint density at radius 2 is 1.89 bits per heavy atom. The van der Waals surface area contributed by atoms with Crippen molar-refractivity contribution in [2.45, 2.75) is 19.4 Å². The molecule has 1 N–H and O–H groups in total. The molecule has 1 aromatic heterocycles. The molecule has 0 bridgehead atoms. The number of nitrogens with one attached hydrogen (secondary N) is 1. The zero-order valence-electron chi connectivity index (χ0n) is 21.6. The molecule has 0 unspecified atom stereocenters. The molecule has 8 nitrogen and oxygen atoms in total. The van der Waals surface area contributed by atoms with Gasteiger partial charge in [0.2, 0.25) is 5.91 Å². The Labute approximate surface area is 232 Å². The molecule has 0 spiro atoms. The number of likely N-dealkylation sites (tertiary alicyclic amines) is 1. The van der Waals surface area contributed by atoms with E-state index in [-0.39, 0.29) is 17.9 Å². The largest absolute Gasteiger partial charge is 0.495 e. The molecule has 1 saturated heterocycles. The van der Waals surface area contributed by atoms with E-state index in [2.05, 4.69) is 23.5 Å². The third kappa shape index (κ3) is 5.66. The van der Waals surface area contributed by atoms with Gasteiger partial charge < -0.3 is 24.4 Å². The van der Waals surface area contributed by atoms with Crippen molar-refractivity contribution in [3.63, 3.8) is 0 Å². The van der Waals surface area contributed by atoms with Gasteiger partial charge in [-0.3, -0.25) is 4.79 Å². The van der Waals surface area contributed by atoms with E-state index in [0.717, 1.165) is 16.5 Å². The topological polar surface area (TPSA) is 85.8 Å². The third-order valence-corrected chi connectivity index (χ3v) is 7.30. The van der Waals surface area contributed by atoms with Crippen molar-refractivity contribution in [3.05, 3.63) is 71.4 Å². The van der Waals surface area contributed by atoms with Crippen molar-refractivity contribution in [2.24, 2.45) is 5.92 Å². The van der Waals surface area contributed by atoms with Crippen LogP contribution in [0.25, 0.3) is 22.0 Å². The molecule has 0 saturated carbocycles. The molecule has 2 heterocycles. The van der Waals surface area contributed by atoms with E-state index < -0.39 is 0 Å². The van der Waals surface area contributed by atoms with Crippen LogP contribution in [-0.4, -0.2) is 60.7 Å². The zero-order chi connectivity index (χ0) is 27.4. The van der Waals surface area contributed by atoms with Crippen LogP contribution in [0.15, 0.2) is 55.6 Å². The van der Waals surface area contributed by atoms with Gasteiger partial charge >= 0.3 is 0 Å². The molecule has 38 heavy (non-hydrogen) atoms. The molecule has 4 rings (SSSR count). The van der Waals surface area contributed by atoms with Crippen LogP contribution in [0.2, 0.25) is 10.0 Å². The maximum absolute atomic E-state index is 12.1. The molecule has 0 aliphatic carbocycles. The highest BCUT2D eigenvalue weighted by molar-refractivity contribution is 6.41. The number of methoxy groups -OCH3 is 2. The van der Waals surface area contributed by atoms with Crippen LogP contribution in [0.1, 0.15) is 12.7 Å². The summed E-state index contributed by atoms with van der Waals surface area (Å²) < 4.78 is 16.4. The summed E-state index contributed by atoms with van der Waals surface area (Å²) in [6, 6.07) is 7.28. The predicted octanol–water partition coefficient (Wildman–Crippen LogP) is 5.27. The first-order chi connectivity index (χ1) is 18.3. The minimum atomic E-state index is -0.220. The van der Waals surface area contributed by atoms with E-state index in [9.17, 15) is 4.79 Å². The van der Waals surface area contributed by atoms with E-state index in [1.165, 1.54) is 20.3 Å². The minimum absolute atomic E-state index is 0.0645. The molecule has 1 aliphatic heterocycles. The number of amides is 1. The second-order valence-electron chi connectivity index (χ2n) is 8.86. The second kappa shape index (κ2) is 11.9. The smallest absolute Gasteiger partial charge is 0.243 e. The first-order valence-corrected chi connectivity index (χ1v) is 12.9. The van der Waals surface area contributed by atoms with Gasteiger partial charge in [0.05, 0.1) is 42.4 Å². The van der Waals surface area contributed by atoms with Crippen LogP contribution in [0, 0.1) is 5.92 Å². The van der Waals surface area contributed by atoms with Crippen LogP contribution in [-0.2, 0) is 16.0 Å². The van der Waals surface area contributed by atoms with E-state index in [4.69, 9.17) is 42.4 Å². The van der Waals surface area contributed by atoms with Crippen molar-refractivity contribution in [3.8, 4) is 22.6 Å². The fourth-order valence-electron chi connectivity index (χ4n) is 4.64. The Bertz CT molecular complexity index is 1350. The third-order valence-electron chi connectivity index (χ3n) is 6.55. The van der Waals surface area contributed by atoms with Gasteiger partial charge in [-0.15, -0.1) is 0 Å². The standard InChI is InChI=1S/C28H30Cl2N4O4/c1-6-25(35)33-21-15-34(16(3)38-7-2)14-19(21)11-24-31-13-18-10-17(8-9-20(18)32-24)26-27(29)22(36-4)12-23(37-5)28(26)30/h6,8-10,12-13,19,21H,1,3,7,11,14-15H2,2,4-5H3,(H,33,35)/t19-,21+/m1/s1. The summed E-state index contributed by atoms with van der Waals surface area (Å²) in [7, 11) is 3.08. The number of hydrogen-bond donors (Lipinski definition) is 1. The lowest BCUT2D eigenvalue weighted by atomic mass is 9.99. The number of halogens is 2. The SMILES string of the molecule is C=CC(=O)N[C@H]1CN(C(=C)OCC)C[C@H]1Cc1ncc2cc(-c3c(Cl)c(OC)cc(OC)c3Cl)ccc2n1. The van der Waals surface area contributed by atoms with Crippen LogP contribution in [0.4, 0.5) is 0 Å². The Balaban J connectivity index is 1.62. The minimum Gasteiger partial charge on any atom is -0.495 e. The number of nitrogens with zero attached hydrogens (tertiary/aromatic N) is 3. The first-order valence-electron chi connectivity index (χ1n) is 12.1. The maximum atomic E-state index is 12.1. The summed E-state index contributed by atoms with van der Waals surface area (Å²) >= 11 is 13.2. The van der Waals surface area contributed by atoms with Crippen LogP contribution < -0.4 is 14.8 Å². The van der Waals surface area contributed by atoms with Gasteiger partial charge in [0.1, 0.15) is 17.3 Å². The maximum Gasteiger partial charge on any atom is 0.243 e. The summed E-state index contributed by atoms with van der Waals surface area (Å²) in [5.74, 6) is 2.04. The number of carbonyl (C=O) groups excluding carboxylic acids is 1. The highest BCUT2D eigenvalue weighted by Gasteiger charge is 2.35. The Kier molecular flexibility index (Phi) is 8.64. The van der Waals surface area contributed by atoms with E-state index >= 15 is 0 Å². The number of benzene rings is 2. The summed E-state index contributed by atoms with van der Waals surface area (Å²) in [5.41, 5.74) is 2.17. The summed E-state index contributed by atoms with van der Waals surface area (Å²) in [5, 5.41) is 4.63. The molecule has 200 valence electrons. The van der Waals surface area contributed by atoms with Gasteiger partial charge in [-0.2, -0.15) is 0 Å². The van der Waals surface area contributed by atoms with Gasteiger partial charge in [-0.25, -0.2) is 9.97 Å². The second-order valence-corrected chi connectivity index (χ2v) is 9.61. The Morgan fingerprint density at radius 3 is 2.53 bits per heavy atom. The highest BCUT2D eigenvalue weighted by atomic mass is 35.5. The summed E-state index contributed by atoms with van der Waals surface area (Å²) in [6.07, 6.45) is 3.63. The van der Waals surface area contributed by atoms with Crippen molar-refractivity contribution in [2.75, 3.05) is 33.9 Å². The first kappa shape index (κ1) is 27.5. The molecule has 1 fully saturated rings. The lowest BCUT2D eigenvalue weighted by molar-refractivity contribution is -0.117. The number of fused-ring (bicyclic) bond motifs is 1. The average Bonchev–Trinajstić information content (AvgIpc) is 3.31. The fraction of sp³-hybridized carbons (Fsp3) is 0.321. The zero-order valence-corrected chi connectivity index (χ0v) is 23.1. The van der Waals surface area contributed by atoms with E-state index in [1.807, 2.05) is 30.0 Å². The lowest BCUT2D eigenvalue weighted by Crippen LogP contribution is -2.40. The molecular formula is C28H30Cl2N4O4. The average molecular weight is 557 g/mol. The van der Waals surface area contributed by atoms with Gasteiger partial charge in [0.25, 0.3) is 0 Å². The number of aromatic nitrogens is 2. The number of ether oxygens (including phenoxy) is 3. The van der Waals surface area contributed by atoms with Gasteiger partial charge in [0, 0.05) is 48.6 Å². The predicted molar refractivity (Wildman–Crippen MR) is 150 cm³/mol. The van der Waals surface area contributed by atoms with Crippen molar-refractivity contribution in [1.82, 2.24) is 20.2 Å².